The van der Waals surface area contributed by atoms with Crippen molar-refractivity contribution in [2.45, 2.75) is 214 Å². The lowest BCUT2D eigenvalue weighted by molar-refractivity contribution is -0.389. The Balaban J connectivity index is 0.923. The minimum absolute atomic E-state index is 0.152. The first-order valence-electron chi connectivity index (χ1n) is 24.0. The van der Waals surface area contributed by atoms with Crippen molar-refractivity contribution in [2.24, 2.45) is 40.4 Å². The van der Waals surface area contributed by atoms with Crippen LogP contribution in [0.1, 0.15) is 92.4 Å². The monoisotopic (exact) mass is 930 g/mol. The minimum atomic E-state index is -1.84. The molecule has 27 atom stereocenters. The van der Waals surface area contributed by atoms with Gasteiger partial charge < -0.3 is 93.7 Å². The summed E-state index contributed by atoms with van der Waals surface area (Å²) in [6.45, 7) is 8.87. The molecule has 0 aromatic heterocycles. The van der Waals surface area contributed by atoms with Gasteiger partial charge in [0.05, 0.1) is 31.5 Å². The summed E-state index contributed by atoms with van der Waals surface area (Å²) < 4.78 is 55.5. The zero-order valence-electron chi connectivity index (χ0n) is 38.3. The molecule has 0 aromatic rings. The number of ether oxygens (including phenoxy) is 9. The van der Waals surface area contributed by atoms with E-state index in [1.165, 1.54) is 12.5 Å². The van der Waals surface area contributed by atoms with Crippen molar-refractivity contribution in [3.63, 3.8) is 0 Å². The molecule has 5 heterocycles. The Morgan fingerprint density at radius 3 is 2.02 bits per heavy atom. The third kappa shape index (κ3) is 7.65. The summed E-state index contributed by atoms with van der Waals surface area (Å²) in [4.78, 5) is 0. The maximum atomic E-state index is 12.9. The van der Waals surface area contributed by atoms with Gasteiger partial charge in [0.2, 0.25) is 0 Å². The molecule has 0 bridgehead atoms. The Hall–Kier alpha value is -1.02. The van der Waals surface area contributed by atoms with Crippen molar-refractivity contribution in [2.75, 3.05) is 20.3 Å². The van der Waals surface area contributed by atoms with Crippen LogP contribution in [0.3, 0.4) is 0 Å². The highest BCUT2D eigenvalue weighted by Gasteiger charge is 2.76. The van der Waals surface area contributed by atoms with E-state index in [1.807, 2.05) is 0 Å². The number of methoxy groups -OCH3 is 1. The van der Waals surface area contributed by atoms with Crippen molar-refractivity contribution < 1.29 is 93.7 Å². The zero-order valence-corrected chi connectivity index (χ0v) is 38.3. The molecule has 19 nitrogen and oxygen atoms in total. The normalized spacial score (nSPS) is 57.8. The molecule has 9 rings (SSSR count). The molecule has 372 valence electrons. The summed E-state index contributed by atoms with van der Waals surface area (Å²) >= 11 is 0. The molecule has 3 saturated carbocycles. The number of hydrogen-bond donors (Lipinski definition) is 10. The van der Waals surface area contributed by atoms with E-state index in [-0.39, 0.29) is 41.0 Å². The Labute approximate surface area is 379 Å². The molecule has 9 aliphatic rings. The van der Waals surface area contributed by atoms with Crippen molar-refractivity contribution in [3.05, 3.63) is 11.6 Å². The Bertz CT molecular complexity index is 1720. The summed E-state index contributed by atoms with van der Waals surface area (Å²) in [5.74, 6) is 0.0340. The predicted molar refractivity (Wildman–Crippen MR) is 222 cm³/mol. The molecule has 5 saturated heterocycles. The van der Waals surface area contributed by atoms with E-state index in [0.717, 1.165) is 38.5 Å². The van der Waals surface area contributed by atoms with Crippen LogP contribution in [-0.4, -0.2) is 193 Å². The van der Waals surface area contributed by atoms with E-state index in [1.54, 1.807) is 7.11 Å². The molecule has 27 unspecified atom stereocenters. The number of rotatable bonds is 9. The van der Waals surface area contributed by atoms with Crippen LogP contribution in [0.2, 0.25) is 0 Å². The van der Waals surface area contributed by atoms with E-state index < -0.39 is 123 Å². The fraction of sp³-hybridized carbons (Fsp3) is 0.957. The molecular formula is C46H74O19. The highest BCUT2D eigenvalue weighted by atomic mass is 16.8. The minimum Gasteiger partial charge on any atom is -0.394 e. The number of aliphatic hydroxyl groups excluding tert-OH is 9. The molecule has 10 N–H and O–H groups in total. The molecular weight excluding hydrogens is 856 g/mol. The summed E-state index contributed by atoms with van der Waals surface area (Å²) in [5, 5.41) is 109. The van der Waals surface area contributed by atoms with Gasteiger partial charge in [0, 0.05) is 30.8 Å². The average molecular weight is 931 g/mol. The van der Waals surface area contributed by atoms with E-state index >= 15 is 0 Å². The number of allylic oxidation sites excluding steroid dienone is 1. The van der Waals surface area contributed by atoms with Crippen molar-refractivity contribution in [3.8, 4) is 0 Å². The lowest BCUT2D eigenvalue weighted by atomic mass is 9.46. The van der Waals surface area contributed by atoms with Crippen LogP contribution in [0.4, 0.5) is 0 Å². The first-order chi connectivity index (χ1) is 30.8. The van der Waals surface area contributed by atoms with Crippen LogP contribution in [0.5, 0.6) is 0 Å². The van der Waals surface area contributed by atoms with Gasteiger partial charge in [0.25, 0.3) is 0 Å². The van der Waals surface area contributed by atoms with Crippen LogP contribution >= 0.6 is 0 Å². The second-order valence-electron chi connectivity index (χ2n) is 21.5. The average Bonchev–Trinajstić information content (AvgIpc) is 3.64. The fourth-order valence-corrected chi connectivity index (χ4v) is 14.3. The Morgan fingerprint density at radius 2 is 1.32 bits per heavy atom. The van der Waals surface area contributed by atoms with Crippen LogP contribution in [-0.2, 0) is 42.6 Å². The first kappa shape index (κ1) is 49.0. The predicted octanol–water partition coefficient (Wildman–Crippen LogP) is -0.698. The number of fused-ring (bicyclic) bond motifs is 7. The quantitative estimate of drug-likeness (QED) is 0.128. The second kappa shape index (κ2) is 18.0. The fourth-order valence-electron chi connectivity index (χ4n) is 14.3. The maximum absolute atomic E-state index is 12.9. The van der Waals surface area contributed by atoms with Crippen LogP contribution < -0.4 is 0 Å². The van der Waals surface area contributed by atoms with Gasteiger partial charge >= 0.3 is 0 Å². The smallest absolute Gasteiger partial charge is 0.187 e. The first-order valence-corrected chi connectivity index (χ1v) is 24.0. The maximum Gasteiger partial charge on any atom is 0.187 e. The zero-order chi connectivity index (χ0) is 46.7. The molecule has 0 amide bonds. The van der Waals surface area contributed by atoms with Gasteiger partial charge in [-0.1, -0.05) is 39.3 Å². The Kier molecular flexibility index (Phi) is 13.6. The van der Waals surface area contributed by atoms with E-state index in [9.17, 15) is 51.1 Å². The molecule has 5 aliphatic heterocycles. The molecule has 0 radical (unpaired) electrons. The molecule has 1 spiro atoms. The van der Waals surface area contributed by atoms with Crippen molar-refractivity contribution in [1.29, 1.82) is 0 Å². The van der Waals surface area contributed by atoms with E-state index in [2.05, 4.69) is 33.8 Å². The highest BCUT2D eigenvalue weighted by Crippen LogP contribution is 2.72. The standard InChI is InChI=1S/C46H74O19/c1-19-9-14-45(65-39(19)57-6)21(3)46(56)29(64-45)16-26-24-8-7-22-15-23(10-12-43(22,4)25(24)11-13-44(26,46)5)59-42-38(63-40-34(53)32(51)30(49)20(2)58-40)36(55)37(28(18-48)61-42)62-41-35(54)33(52)31(50)27(17-47)60-41/h7,19-21,23-42,47-56H,8-18H2,1-6H3. The lowest BCUT2D eigenvalue weighted by Gasteiger charge is -2.60. The van der Waals surface area contributed by atoms with Gasteiger partial charge in [-0.05, 0) is 81.5 Å². The summed E-state index contributed by atoms with van der Waals surface area (Å²) in [7, 11) is 1.66. The molecule has 19 heteroatoms. The van der Waals surface area contributed by atoms with Crippen LogP contribution in [0, 0.1) is 40.4 Å². The van der Waals surface area contributed by atoms with Gasteiger partial charge in [-0.2, -0.15) is 0 Å². The number of hydrogen-bond acceptors (Lipinski definition) is 19. The third-order valence-corrected chi connectivity index (χ3v) is 18.3. The van der Waals surface area contributed by atoms with Crippen LogP contribution in [0.15, 0.2) is 11.6 Å². The molecule has 65 heavy (non-hydrogen) atoms. The van der Waals surface area contributed by atoms with Gasteiger partial charge in [-0.3, -0.25) is 0 Å². The van der Waals surface area contributed by atoms with Crippen molar-refractivity contribution in [1.82, 2.24) is 0 Å². The lowest BCUT2D eigenvalue weighted by Crippen LogP contribution is -2.67. The Morgan fingerprint density at radius 1 is 0.662 bits per heavy atom. The van der Waals surface area contributed by atoms with Gasteiger partial charge in [-0.25, -0.2) is 0 Å². The number of aliphatic hydroxyl groups is 10. The van der Waals surface area contributed by atoms with Gasteiger partial charge in [-0.15, -0.1) is 0 Å². The van der Waals surface area contributed by atoms with Gasteiger partial charge in [0.1, 0.15) is 72.7 Å². The third-order valence-electron chi connectivity index (χ3n) is 18.3. The highest BCUT2D eigenvalue weighted by molar-refractivity contribution is 5.29. The second-order valence-corrected chi connectivity index (χ2v) is 21.5. The van der Waals surface area contributed by atoms with Crippen molar-refractivity contribution >= 4 is 0 Å². The summed E-state index contributed by atoms with van der Waals surface area (Å²) in [6, 6.07) is 0. The SMILES string of the molecule is COC1OC2(CCC1C)OC1CC3C4CC=C5CC(OC6OC(CO)C(OC7OC(CO)C(O)C(O)C7O)C(O)C6OC6OC(C)C(O)C(O)C6O)CCC5(C)C4CCC3(C)C1(O)C2C. The molecule has 8 fully saturated rings. The van der Waals surface area contributed by atoms with E-state index in [0.29, 0.717) is 31.1 Å². The molecule has 4 aliphatic carbocycles. The topological polar surface area (TPSA) is 285 Å². The van der Waals surface area contributed by atoms with Gasteiger partial charge in [0.15, 0.2) is 30.9 Å². The van der Waals surface area contributed by atoms with E-state index in [4.69, 9.17) is 42.6 Å². The summed E-state index contributed by atoms with van der Waals surface area (Å²) in [5.41, 5.74) is -0.327. The largest absolute Gasteiger partial charge is 0.394 e. The molecule has 0 aromatic carbocycles. The van der Waals surface area contributed by atoms with Crippen LogP contribution in [0.25, 0.3) is 0 Å². The summed E-state index contributed by atoms with van der Waals surface area (Å²) in [6.07, 6.45) is -15.2.